The summed E-state index contributed by atoms with van der Waals surface area (Å²) in [5.74, 6) is -0.292. The van der Waals surface area contributed by atoms with E-state index in [4.69, 9.17) is 11.6 Å². The fourth-order valence-electron chi connectivity index (χ4n) is 3.11. The van der Waals surface area contributed by atoms with Gasteiger partial charge in [0.25, 0.3) is 0 Å². The van der Waals surface area contributed by atoms with Gasteiger partial charge in [-0.05, 0) is 48.4 Å². The van der Waals surface area contributed by atoms with E-state index in [1.54, 1.807) is 0 Å². The van der Waals surface area contributed by atoms with E-state index in [9.17, 15) is 9.90 Å². The van der Waals surface area contributed by atoms with E-state index in [0.717, 1.165) is 23.4 Å². The maximum atomic E-state index is 11.5. The molecule has 2 aromatic rings. The van der Waals surface area contributed by atoms with E-state index in [2.05, 4.69) is 17.4 Å². The molecular weight excluding hydrogens is 310 g/mol. The summed E-state index contributed by atoms with van der Waals surface area (Å²) < 4.78 is 0. The Kier molecular flexibility index (Phi) is 4.99. The zero-order valence-corrected chi connectivity index (χ0v) is 13.5. The first-order chi connectivity index (χ1) is 11.1. The summed E-state index contributed by atoms with van der Waals surface area (Å²) in [6.45, 7) is 0. The summed E-state index contributed by atoms with van der Waals surface area (Å²) in [4.78, 5) is 11.5. The molecule has 0 amide bonds. The molecular formula is C19H20ClNO2. The molecule has 0 spiro atoms. The summed E-state index contributed by atoms with van der Waals surface area (Å²) in [7, 11) is 0. The number of halogens is 1. The third kappa shape index (κ3) is 4.12. The van der Waals surface area contributed by atoms with Crippen LogP contribution in [0.3, 0.4) is 0 Å². The Bertz CT molecular complexity index is 651. The molecule has 3 rings (SSSR count). The fraction of sp³-hybridized carbons (Fsp3) is 0.316. The predicted molar refractivity (Wildman–Crippen MR) is 91.9 cm³/mol. The Balaban J connectivity index is 1.54. The van der Waals surface area contributed by atoms with E-state index >= 15 is 0 Å². The average Bonchev–Trinajstić information content (AvgIpc) is 2.51. The number of hydrogen-bond donors (Lipinski definition) is 2. The van der Waals surface area contributed by atoms with Crippen LogP contribution in [0, 0.1) is 0 Å². The Hall–Kier alpha value is -1.84. The summed E-state index contributed by atoms with van der Waals surface area (Å²) >= 11 is 5.91. The van der Waals surface area contributed by atoms with Crippen molar-refractivity contribution in [3.8, 4) is 0 Å². The number of carboxylic acids is 1. The van der Waals surface area contributed by atoms with Gasteiger partial charge >= 0.3 is 5.97 Å². The van der Waals surface area contributed by atoms with Crippen LogP contribution < -0.4 is 5.32 Å². The van der Waals surface area contributed by atoms with Crippen LogP contribution in [-0.4, -0.2) is 23.2 Å². The van der Waals surface area contributed by atoms with Crippen molar-refractivity contribution >= 4 is 17.6 Å². The highest BCUT2D eigenvalue weighted by molar-refractivity contribution is 6.30. The first-order valence-electron chi connectivity index (χ1n) is 7.90. The SMILES string of the molecule is O=C(O)[C@H](Cc1ccccc1)NC1CC(c2ccc(Cl)cc2)C1. The molecule has 0 bridgehead atoms. The number of rotatable bonds is 6. The van der Waals surface area contributed by atoms with Crippen LogP contribution >= 0.6 is 11.6 Å². The molecule has 0 saturated heterocycles. The van der Waals surface area contributed by atoms with Gasteiger partial charge in [-0.2, -0.15) is 0 Å². The number of nitrogens with one attached hydrogen (secondary N) is 1. The summed E-state index contributed by atoms with van der Waals surface area (Å²) in [5, 5.41) is 13.5. The highest BCUT2D eigenvalue weighted by Crippen LogP contribution is 2.37. The first-order valence-corrected chi connectivity index (χ1v) is 8.28. The van der Waals surface area contributed by atoms with Crippen LogP contribution in [0.2, 0.25) is 5.02 Å². The molecule has 0 aliphatic heterocycles. The molecule has 4 heteroatoms. The second kappa shape index (κ2) is 7.16. The van der Waals surface area contributed by atoms with Gasteiger partial charge in [-0.1, -0.05) is 54.1 Å². The van der Waals surface area contributed by atoms with Crippen LogP contribution in [0.15, 0.2) is 54.6 Å². The molecule has 3 nitrogen and oxygen atoms in total. The van der Waals surface area contributed by atoms with Gasteiger partial charge in [0, 0.05) is 11.1 Å². The van der Waals surface area contributed by atoms with E-state index in [1.165, 1.54) is 5.56 Å². The molecule has 1 fully saturated rings. The van der Waals surface area contributed by atoms with Gasteiger partial charge in [0.15, 0.2) is 0 Å². The molecule has 23 heavy (non-hydrogen) atoms. The molecule has 1 aliphatic carbocycles. The lowest BCUT2D eigenvalue weighted by molar-refractivity contribution is -0.139. The van der Waals surface area contributed by atoms with Crippen molar-refractivity contribution in [2.24, 2.45) is 0 Å². The summed E-state index contributed by atoms with van der Waals surface area (Å²) in [6, 6.07) is 17.4. The van der Waals surface area contributed by atoms with Crippen LogP contribution in [0.5, 0.6) is 0 Å². The average molecular weight is 330 g/mol. The maximum Gasteiger partial charge on any atom is 0.321 e. The fourth-order valence-corrected chi connectivity index (χ4v) is 3.24. The zero-order valence-electron chi connectivity index (χ0n) is 12.8. The molecule has 2 N–H and O–H groups in total. The van der Waals surface area contributed by atoms with E-state index in [0.29, 0.717) is 12.3 Å². The van der Waals surface area contributed by atoms with Crippen LogP contribution in [0.4, 0.5) is 0 Å². The van der Waals surface area contributed by atoms with Crippen molar-refractivity contribution in [3.63, 3.8) is 0 Å². The number of aliphatic carboxylic acids is 1. The van der Waals surface area contributed by atoms with Gasteiger partial charge < -0.3 is 10.4 Å². The van der Waals surface area contributed by atoms with Crippen molar-refractivity contribution in [1.29, 1.82) is 0 Å². The highest BCUT2D eigenvalue weighted by atomic mass is 35.5. The molecule has 1 saturated carbocycles. The minimum atomic E-state index is -0.788. The summed E-state index contributed by atoms with van der Waals surface area (Å²) in [6.07, 6.45) is 2.46. The topological polar surface area (TPSA) is 49.3 Å². The second-order valence-corrected chi connectivity index (χ2v) is 6.60. The number of hydrogen-bond acceptors (Lipinski definition) is 2. The van der Waals surface area contributed by atoms with Crippen molar-refractivity contribution in [3.05, 3.63) is 70.7 Å². The van der Waals surface area contributed by atoms with Crippen LogP contribution in [-0.2, 0) is 11.2 Å². The van der Waals surface area contributed by atoms with Crippen molar-refractivity contribution in [2.45, 2.75) is 37.3 Å². The molecule has 2 aromatic carbocycles. The van der Waals surface area contributed by atoms with Crippen molar-refractivity contribution in [1.82, 2.24) is 5.32 Å². The normalized spacial score (nSPS) is 21.4. The minimum absolute atomic E-state index is 0.264. The zero-order chi connectivity index (χ0) is 16.2. The number of carboxylic acid groups (broad SMARTS) is 1. The van der Waals surface area contributed by atoms with Gasteiger partial charge in [-0.3, -0.25) is 4.79 Å². The van der Waals surface area contributed by atoms with E-state index < -0.39 is 12.0 Å². The number of benzene rings is 2. The Morgan fingerprint density at radius 1 is 1.13 bits per heavy atom. The van der Waals surface area contributed by atoms with Gasteiger partial charge in [0.05, 0.1) is 0 Å². The van der Waals surface area contributed by atoms with Crippen LogP contribution in [0.1, 0.15) is 29.9 Å². The lowest BCUT2D eigenvalue weighted by Gasteiger charge is -2.38. The lowest BCUT2D eigenvalue weighted by Crippen LogP contribution is -2.49. The monoisotopic (exact) mass is 329 g/mol. The van der Waals surface area contributed by atoms with E-state index in [1.807, 2.05) is 42.5 Å². The predicted octanol–water partition coefficient (Wildman–Crippen LogP) is 3.87. The molecule has 0 radical (unpaired) electrons. The van der Waals surface area contributed by atoms with Gasteiger partial charge in [-0.25, -0.2) is 0 Å². The molecule has 0 heterocycles. The first kappa shape index (κ1) is 16.0. The minimum Gasteiger partial charge on any atom is -0.480 e. The largest absolute Gasteiger partial charge is 0.480 e. The summed E-state index contributed by atoms with van der Waals surface area (Å²) in [5.41, 5.74) is 2.32. The van der Waals surface area contributed by atoms with Gasteiger partial charge in [0.1, 0.15) is 6.04 Å². The second-order valence-electron chi connectivity index (χ2n) is 6.16. The molecule has 1 aliphatic rings. The van der Waals surface area contributed by atoms with Gasteiger partial charge in [0.2, 0.25) is 0 Å². The number of carbonyl (C=O) groups is 1. The maximum absolute atomic E-state index is 11.5. The molecule has 0 unspecified atom stereocenters. The van der Waals surface area contributed by atoms with Gasteiger partial charge in [-0.15, -0.1) is 0 Å². The lowest BCUT2D eigenvalue weighted by atomic mass is 9.75. The Morgan fingerprint density at radius 2 is 1.78 bits per heavy atom. The third-order valence-electron chi connectivity index (χ3n) is 4.50. The van der Waals surface area contributed by atoms with Crippen LogP contribution in [0.25, 0.3) is 0 Å². The Labute approximate surface area is 141 Å². The van der Waals surface area contributed by atoms with Crippen molar-refractivity contribution in [2.75, 3.05) is 0 Å². The third-order valence-corrected chi connectivity index (χ3v) is 4.75. The van der Waals surface area contributed by atoms with E-state index in [-0.39, 0.29) is 6.04 Å². The Morgan fingerprint density at radius 3 is 2.39 bits per heavy atom. The molecule has 120 valence electrons. The van der Waals surface area contributed by atoms with Crippen molar-refractivity contribution < 1.29 is 9.90 Å². The molecule has 1 atom stereocenters. The molecule has 0 aromatic heterocycles. The smallest absolute Gasteiger partial charge is 0.321 e. The standard InChI is InChI=1S/C19H20ClNO2/c20-16-8-6-14(7-9-16)15-11-17(12-15)21-18(19(22)23)10-13-4-2-1-3-5-13/h1-9,15,17-18,21H,10-12H2,(H,22,23)/t15?,17?,18-/m0/s1. The quantitative estimate of drug-likeness (QED) is 0.845. The highest BCUT2D eigenvalue weighted by Gasteiger charge is 2.33.